The van der Waals surface area contributed by atoms with E-state index in [1.165, 1.54) is 25.5 Å². The predicted octanol–water partition coefficient (Wildman–Crippen LogP) is 2.29. The summed E-state index contributed by atoms with van der Waals surface area (Å²) in [6, 6.07) is 10.8. The van der Waals surface area contributed by atoms with Gasteiger partial charge in [0, 0.05) is 37.1 Å². The van der Waals surface area contributed by atoms with Crippen molar-refractivity contribution in [3.05, 3.63) is 58.8 Å². The molecule has 2 heterocycles. The molecule has 1 saturated heterocycles. The number of aromatic nitrogens is 1. The van der Waals surface area contributed by atoms with E-state index >= 15 is 0 Å². The molecule has 0 aliphatic carbocycles. The number of rotatable bonds is 6. The Morgan fingerprint density at radius 2 is 2.04 bits per heavy atom. The first-order valence-corrected chi connectivity index (χ1v) is 11.1. The molecule has 0 bridgehead atoms. The summed E-state index contributed by atoms with van der Waals surface area (Å²) in [7, 11) is -2.40. The van der Waals surface area contributed by atoms with Gasteiger partial charge >= 0.3 is 0 Å². The standard InChI is InChI=1S/C19H22BrN3O4S/c1-23(28(25,26)17-6-3-9-21-13-17)14-18(24)22-19(7-10-27-11-8-19)15-4-2-5-16(20)12-15/h2-6,9,12-13H,7-8,10-11,14H2,1H3,(H,22,24). The average Bonchev–Trinajstić information content (AvgIpc) is 2.69. The minimum atomic E-state index is -3.79. The van der Waals surface area contributed by atoms with E-state index in [1.54, 1.807) is 6.07 Å². The van der Waals surface area contributed by atoms with Crippen molar-refractivity contribution in [1.29, 1.82) is 0 Å². The van der Waals surface area contributed by atoms with Gasteiger partial charge in [-0.05, 0) is 42.7 Å². The van der Waals surface area contributed by atoms with Gasteiger partial charge in [-0.15, -0.1) is 0 Å². The lowest BCUT2D eigenvalue weighted by Gasteiger charge is -2.39. The number of nitrogens with zero attached hydrogens (tertiary/aromatic N) is 2. The Morgan fingerprint density at radius 1 is 1.29 bits per heavy atom. The molecule has 0 spiro atoms. The van der Waals surface area contributed by atoms with E-state index in [9.17, 15) is 13.2 Å². The van der Waals surface area contributed by atoms with Gasteiger partial charge in [-0.25, -0.2) is 8.42 Å². The van der Waals surface area contributed by atoms with E-state index in [0.29, 0.717) is 26.1 Å². The fourth-order valence-corrected chi connectivity index (χ4v) is 4.76. The maximum atomic E-state index is 12.8. The molecule has 0 saturated carbocycles. The summed E-state index contributed by atoms with van der Waals surface area (Å²) in [5.41, 5.74) is 0.383. The first kappa shape index (κ1) is 20.9. The van der Waals surface area contributed by atoms with E-state index in [-0.39, 0.29) is 17.3 Å². The molecule has 3 rings (SSSR count). The zero-order valence-electron chi connectivity index (χ0n) is 15.5. The number of hydrogen-bond donors (Lipinski definition) is 1. The van der Waals surface area contributed by atoms with Gasteiger partial charge < -0.3 is 10.1 Å². The second kappa shape index (κ2) is 8.69. The predicted molar refractivity (Wildman–Crippen MR) is 108 cm³/mol. The normalized spacial score (nSPS) is 16.7. The number of ether oxygens (including phenoxy) is 1. The molecule has 1 aromatic heterocycles. The lowest BCUT2D eigenvalue weighted by Crippen LogP contribution is -2.52. The van der Waals surface area contributed by atoms with Crippen molar-refractivity contribution >= 4 is 31.9 Å². The Bertz CT molecular complexity index is 931. The van der Waals surface area contributed by atoms with Crippen LogP contribution in [-0.4, -0.2) is 50.4 Å². The van der Waals surface area contributed by atoms with E-state index in [1.807, 2.05) is 24.3 Å². The third-order valence-corrected chi connectivity index (χ3v) is 7.09. The third kappa shape index (κ3) is 4.60. The Kier molecular flexibility index (Phi) is 6.49. The van der Waals surface area contributed by atoms with Crippen molar-refractivity contribution < 1.29 is 17.9 Å². The molecule has 1 N–H and O–H groups in total. The van der Waals surface area contributed by atoms with Gasteiger partial charge in [0.1, 0.15) is 4.90 Å². The second-order valence-corrected chi connectivity index (χ2v) is 9.66. The zero-order chi connectivity index (χ0) is 20.2. The fraction of sp³-hybridized carbons (Fsp3) is 0.368. The van der Waals surface area contributed by atoms with Crippen molar-refractivity contribution in [3.63, 3.8) is 0 Å². The van der Waals surface area contributed by atoms with Crippen LogP contribution in [0.15, 0.2) is 58.2 Å². The molecule has 9 heteroatoms. The highest BCUT2D eigenvalue weighted by Crippen LogP contribution is 2.33. The number of carbonyl (C=O) groups excluding carboxylic acids is 1. The summed E-state index contributed by atoms with van der Waals surface area (Å²) in [6.45, 7) is 0.765. The van der Waals surface area contributed by atoms with Crippen LogP contribution in [0.2, 0.25) is 0 Å². The average molecular weight is 468 g/mol. The maximum Gasteiger partial charge on any atom is 0.244 e. The summed E-state index contributed by atoms with van der Waals surface area (Å²) >= 11 is 3.47. The first-order valence-electron chi connectivity index (χ1n) is 8.85. The monoisotopic (exact) mass is 467 g/mol. The van der Waals surface area contributed by atoms with Gasteiger partial charge in [-0.3, -0.25) is 9.78 Å². The van der Waals surface area contributed by atoms with Crippen LogP contribution >= 0.6 is 15.9 Å². The molecule has 1 aromatic carbocycles. The molecule has 0 unspecified atom stereocenters. The molecule has 1 amide bonds. The number of benzene rings is 1. The van der Waals surface area contributed by atoms with Gasteiger partial charge in [0.15, 0.2) is 0 Å². The molecular formula is C19H22BrN3O4S. The molecule has 0 radical (unpaired) electrons. The highest BCUT2D eigenvalue weighted by Gasteiger charge is 2.37. The lowest BCUT2D eigenvalue weighted by atomic mass is 9.82. The van der Waals surface area contributed by atoms with Gasteiger partial charge in [-0.1, -0.05) is 28.1 Å². The highest BCUT2D eigenvalue weighted by molar-refractivity contribution is 9.10. The SMILES string of the molecule is CN(CC(=O)NC1(c2cccc(Br)c2)CCOCC1)S(=O)(=O)c1cccnc1. The van der Waals surface area contributed by atoms with Crippen molar-refractivity contribution in [2.75, 3.05) is 26.8 Å². The van der Waals surface area contributed by atoms with Gasteiger partial charge in [0.05, 0.1) is 12.1 Å². The number of nitrogens with one attached hydrogen (secondary N) is 1. The van der Waals surface area contributed by atoms with Gasteiger partial charge in [-0.2, -0.15) is 4.31 Å². The highest BCUT2D eigenvalue weighted by atomic mass is 79.9. The summed E-state index contributed by atoms with van der Waals surface area (Å²) in [5.74, 6) is -0.364. The molecule has 1 aliphatic heterocycles. The largest absolute Gasteiger partial charge is 0.381 e. The van der Waals surface area contributed by atoms with Crippen molar-refractivity contribution in [1.82, 2.24) is 14.6 Å². The van der Waals surface area contributed by atoms with Crippen LogP contribution in [0.1, 0.15) is 18.4 Å². The number of halogens is 1. The number of amides is 1. The van der Waals surface area contributed by atoms with Crippen LogP contribution in [-0.2, 0) is 25.1 Å². The fourth-order valence-electron chi connectivity index (χ4n) is 3.27. The molecule has 0 atom stereocenters. The van der Waals surface area contributed by atoms with Crippen LogP contribution in [0.5, 0.6) is 0 Å². The van der Waals surface area contributed by atoms with E-state index in [2.05, 4.69) is 26.2 Å². The summed E-state index contributed by atoms with van der Waals surface area (Å²) in [6.07, 6.45) is 4.01. The Labute approximate surface area is 173 Å². The number of sulfonamides is 1. The summed E-state index contributed by atoms with van der Waals surface area (Å²) in [4.78, 5) is 16.7. The van der Waals surface area contributed by atoms with Crippen LogP contribution in [0, 0.1) is 0 Å². The quantitative estimate of drug-likeness (QED) is 0.703. The zero-order valence-corrected chi connectivity index (χ0v) is 17.9. The minimum Gasteiger partial charge on any atom is -0.381 e. The maximum absolute atomic E-state index is 12.8. The number of likely N-dealkylation sites (N-methyl/N-ethyl adjacent to an activating group) is 1. The van der Waals surface area contributed by atoms with E-state index in [0.717, 1.165) is 14.3 Å². The molecule has 150 valence electrons. The van der Waals surface area contributed by atoms with Crippen molar-refractivity contribution in [2.45, 2.75) is 23.3 Å². The molecular weight excluding hydrogens is 446 g/mol. The Hall–Kier alpha value is -1.81. The van der Waals surface area contributed by atoms with Crippen LogP contribution in [0.4, 0.5) is 0 Å². The Morgan fingerprint density at radius 3 is 2.68 bits per heavy atom. The molecule has 28 heavy (non-hydrogen) atoms. The summed E-state index contributed by atoms with van der Waals surface area (Å²) in [5, 5.41) is 3.07. The first-order chi connectivity index (χ1) is 13.3. The van der Waals surface area contributed by atoms with Crippen LogP contribution in [0.25, 0.3) is 0 Å². The van der Waals surface area contributed by atoms with Crippen molar-refractivity contribution in [2.24, 2.45) is 0 Å². The molecule has 1 aliphatic rings. The van der Waals surface area contributed by atoms with E-state index < -0.39 is 15.6 Å². The topological polar surface area (TPSA) is 88.6 Å². The van der Waals surface area contributed by atoms with Gasteiger partial charge in [0.25, 0.3) is 0 Å². The van der Waals surface area contributed by atoms with Gasteiger partial charge in [0.2, 0.25) is 15.9 Å². The van der Waals surface area contributed by atoms with E-state index in [4.69, 9.17) is 4.74 Å². The number of pyridine rings is 1. The number of hydrogen-bond acceptors (Lipinski definition) is 5. The second-order valence-electron chi connectivity index (χ2n) is 6.70. The van der Waals surface area contributed by atoms with Crippen LogP contribution in [0.3, 0.4) is 0 Å². The van der Waals surface area contributed by atoms with Crippen molar-refractivity contribution in [3.8, 4) is 0 Å². The summed E-state index contributed by atoms with van der Waals surface area (Å²) < 4.78 is 32.7. The smallest absolute Gasteiger partial charge is 0.244 e. The molecule has 2 aromatic rings. The van der Waals surface area contributed by atoms with Crippen LogP contribution < -0.4 is 5.32 Å². The lowest BCUT2D eigenvalue weighted by molar-refractivity contribution is -0.124. The Balaban J connectivity index is 1.77. The minimum absolute atomic E-state index is 0.0538. The number of carbonyl (C=O) groups is 1. The molecule has 1 fully saturated rings. The molecule has 7 nitrogen and oxygen atoms in total. The third-order valence-electron chi connectivity index (χ3n) is 4.81.